The number of fused-ring (bicyclic) bond motifs is 1. The first kappa shape index (κ1) is 23.0. The van der Waals surface area contributed by atoms with Crippen molar-refractivity contribution < 1.29 is 33.2 Å². The molecule has 1 aromatic heterocycles. The molecule has 2 atom stereocenters. The van der Waals surface area contributed by atoms with E-state index in [0.29, 0.717) is 17.0 Å². The van der Waals surface area contributed by atoms with E-state index in [0.717, 1.165) is 4.68 Å². The molecule has 3 heterocycles. The summed E-state index contributed by atoms with van der Waals surface area (Å²) in [5.41, 5.74) is 4.98. The van der Waals surface area contributed by atoms with Gasteiger partial charge in [-0.05, 0) is 40.2 Å². The van der Waals surface area contributed by atoms with Crippen LogP contribution in [0.4, 0.5) is 0 Å². The molecule has 0 saturated carbocycles. The van der Waals surface area contributed by atoms with Gasteiger partial charge in [0, 0.05) is 17.4 Å². The fraction of sp³-hybridized carbons (Fsp3) is 0.588. The second-order valence-electron chi connectivity index (χ2n) is 8.34. The maximum atomic E-state index is 12.8. The molecule has 3 rings (SSSR count). The smallest absolute Gasteiger partial charge is 0.368 e. The van der Waals surface area contributed by atoms with Gasteiger partial charge in [0.25, 0.3) is 5.91 Å². The van der Waals surface area contributed by atoms with E-state index < -0.39 is 37.6 Å². The number of rotatable bonds is 6. The van der Waals surface area contributed by atoms with Gasteiger partial charge in [0.15, 0.2) is 6.73 Å². The fourth-order valence-electron chi connectivity index (χ4n) is 4.09. The summed E-state index contributed by atoms with van der Waals surface area (Å²) < 4.78 is 22.5. The Kier molecular flexibility index (Phi) is 5.96. The van der Waals surface area contributed by atoms with Gasteiger partial charge in [-0.25, -0.2) is 9.25 Å². The Morgan fingerprint density at radius 1 is 1.43 bits per heavy atom. The lowest BCUT2D eigenvalue weighted by Gasteiger charge is -2.48. The molecule has 1 aromatic rings. The van der Waals surface area contributed by atoms with Crippen LogP contribution in [0.25, 0.3) is 0 Å². The first-order valence-corrected chi connectivity index (χ1v) is 11.6. The average molecular weight is 460 g/mol. The number of hydrogen-bond donors (Lipinski definition) is 4. The Labute approximate surface area is 177 Å². The maximum absolute atomic E-state index is 12.8. The molecule has 13 heteroatoms. The molecule has 0 radical (unpaired) electrons. The van der Waals surface area contributed by atoms with Gasteiger partial charge in [0.2, 0.25) is 5.91 Å². The molecular formula is C17H25N4O7PS. The minimum absolute atomic E-state index is 0.00563. The zero-order valence-corrected chi connectivity index (χ0v) is 18.7. The highest BCUT2D eigenvalue weighted by Crippen LogP contribution is 2.54. The summed E-state index contributed by atoms with van der Waals surface area (Å²) in [4.78, 5) is 42.8. The first-order valence-electron chi connectivity index (χ1n) is 9.14. The predicted molar refractivity (Wildman–Crippen MR) is 108 cm³/mol. The van der Waals surface area contributed by atoms with E-state index in [9.17, 15) is 14.2 Å². The molecule has 0 aromatic carbocycles. The summed E-state index contributed by atoms with van der Waals surface area (Å²) in [5.74, 6) is -1.42. The Hall–Kier alpha value is -1.69. The van der Waals surface area contributed by atoms with Crippen molar-refractivity contribution in [3.8, 4) is 0 Å². The van der Waals surface area contributed by atoms with Crippen LogP contribution in [-0.2, 0) is 25.4 Å². The van der Waals surface area contributed by atoms with Gasteiger partial charge in [0.1, 0.15) is 5.69 Å². The molecule has 30 heavy (non-hydrogen) atoms. The largest absolute Gasteiger partial charge is 0.471 e. The quantitative estimate of drug-likeness (QED) is 0.454. The minimum atomic E-state index is -4.73. The lowest BCUT2D eigenvalue weighted by molar-refractivity contribution is -0.163. The molecule has 2 aliphatic heterocycles. The van der Waals surface area contributed by atoms with Gasteiger partial charge < -0.3 is 25.6 Å². The van der Waals surface area contributed by atoms with Crippen LogP contribution in [0.3, 0.4) is 0 Å². The number of nitrogens with two attached hydrogens (primary N) is 1. The molecule has 2 amide bonds. The molecule has 0 spiro atoms. The third-order valence-electron chi connectivity index (χ3n) is 4.95. The number of thioether (sulfide) groups is 1. The summed E-state index contributed by atoms with van der Waals surface area (Å²) in [7, 11) is -4.73. The molecule has 2 aliphatic rings. The summed E-state index contributed by atoms with van der Waals surface area (Å²) in [6.45, 7) is 7.16. The lowest BCUT2D eigenvalue weighted by atomic mass is 9.76. The molecular weight excluding hydrogens is 435 g/mol. The molecule has 2 unspecified atom stereocenters. The number of primary amides is 1. The number of hydrogen-bond acceptors (Lipinski definition) is 7. The topological polar surface area (TPSA) is 166 Å². The van der Waals surface area contributed by atoms with Crippen molar-refractivity contribution in [1.29, 1.82) is 0 Å². The number of phosphoric ester groups is 1. The standard InChI is InChI=1S/C17H25N4O7PS/c1-16(2)7-9-11(13(18)22)15(30-12(9)17(3,4)28-16)20-14(23)10-5-6-19-21(10)8-27-29(24,25)26/h5-6,9,12H,7-8H2,1-4H3,(H2,18,22)(H,20,23)(H2,24,25,26). The number of amides is 2. The van der Waals surface area contributed by atoms with Gasteiger partial charge in [-0.2, -0.15) is 5.10 Å². The summed E-state index contributed by atoms with van der Waals surface area (Å²) >= 11 is 1.32. The van der Waals surface area contributed by atoms with Crippen LogP contribution in [0.5, 0.6) is 0 Å². The van der Waals surface area contributed by atoms with Crippen LogP contribution in [0.2, 0.25) is 0 Å². The number of phosphoric acid groups is 1. The molecule has 0 bridgehead atoms. The number of aromatic nitrogens is 2. The van der Waals surface area contributed by atoms with Crippen molar-refractivity contribution in [2.45, 2.75) is 57.3 Å². The number of ether oxygens (including phenoxy) is 1. The molecule has 1 fully saturated rings. The van der Waals surface area contributed by atoms with E-state index in [1.54, 1.807) is 0 Å². The summed E-state index contributed by atoms with van der Waals surface area (Å²) in [6, 6.07) is 1.37. The maximum Gasteiger partial charge on any atom is 0.471 e. The molecule has 166 valence electrons. The number of carbonyl (C=O) groups excluding carboxylic acids is 2. The third kappa shape index (κ3) is 4.79. The van der Waals surface area contributed by atoms with E-state index >= 15 is 0 Å². The summed E-state index contributed by atoms with van der Waals surface area (Å²) in [5, 5.41) is 6.77. The normalized spacial score (nSPS) is 25.1. The minimum Gasteiger partial charge on any atom is -0.368 e. The highest BCUT2D eigenvalue weighted by molar-refractivity contribution is 8.04. The second-order valence-corrected chi connectivity index (χ2v) is 10.7. The Balaban J connectivity index is 1.86. The van der Waals surface area contributed by atoms with Crippen LogP contribution in [0.15, 0.2) is 22.9 Å². The zero-order valence-electron chi connectivity index (χ0n) is 17.0. The van der Waals surface area contributed by atoms with Crippen LogP contribution >= 0.6 is 19.6 Å². The van der Waals surface area contributed by atoms with Crippen molar-refractivity contribution >= 4 is 31.4 Å². The van der Waals surface area contributed by atoms with Gasteiger partial charge in [-0.3, -0.25) is 14.1 Å². The Bertz CT molecular complexity index is 952. The first-order chi connectivity index (χ1) is 13.7. The van der Waals surface area contributed by atoms with Gasteiger partial charge >= 0.3 is 7.82 Å². The highest BCUT2D eigenvalue weighted by atomic mass is 32.2. The van der Waals surface area contributed by atoms with Crippen LogP contribution < -0.4 is 11.1 Å². The summed E-state index contributed by atoms with van der Waals surface area (Å²) in [6.07, 6.45) is 1.86. The predicted octanol–water partition coefficient (Wildman–Crippen LogP) is 1.09. The lowest BCUT2D eigenvalue weighted by Crippen LogP contribution is -2.53. The molecule has 11 nitrogen and oxygen atoms in total. The third-order valence-corrected chi connectivity index (χ3v) is 7.11. The number of nitrogens with one attached hydrogen (secondary N) is 1. The number of nitrogens with zero attached hydrogens (tertiary/aromatic N) is 2. The Morgan fingerprint density at radius 2 is 2.10 bits per heavy atom. The van der Waals surface area contributed by atoms with Crippen LogP contribution in [-0.4, -0.2) is 47.8 Å². The van der Waals surface area contributed by atoms with Crippen molar-refractivity contribution in [3.05, 3.63) is 28.6 Å². The van der Waals surface area contributed by atoms with Crippen molar-refractivity contribution in [1.82, 2.24) is 15.1 Å². The van der Waals surface area contributed by atoms with Crippen LogP contribution in [0, 0.1) is 5.92 Å². The van der Waals surface area contributed by atoms with Gasteiger partial charge in [-0.1, -0.05) is 0 Å². The molecule has 0 aliphatic carbocycles. The van der Waals surface area contributed by atoms with Crippen LogP contribution in [0.1, 0.15) is 44.6 Å². The van der Waals surface area contributed by atoms with Gasteiger partial charge in [0.05, 0.1) is 21.8 Å². The fourth-order valence-corrected chi connectivity index (χ4v) is 5.86. The molecule has 5 N–H and O–H groups in total. The highest BCUT2D eigenvalue weighted by Gasteiger charge is 2.54. The van der Waals surface area contributed by atoms with E-state index in [4.69, 9.17) is 20.3 Å². The average Bonchev–Trinajstić information content (AvgIpc) is 3.15. The number of carbonyl (C=O) groups is 2. The SMILES string of the molecule is CC1(C)CC2C(C(N)=O)=C(NC(=O)c3ccnn3COP(=O)(O)O)SC2C(C)(C)O1. The second kappa shape index (κ2) is 7.77. The van der Waals surface area contributed by atoms with E-state index in [-0.39, 0.29) is 16.9 Å². The van der Waals surface area contributed by atoms with Gasteiger partial charge in [-0.15, -0.1) is 11.8 Å². The van der Waals surface area contributed by atoms with Crippen molar-refractivity contribution in [3.63, 3.8) is 0 Å². The Morgan fingerprint density at radius 3 is 2.70 bits per heavy atom. The van der Waals surface area contributed by atoms with E-state index in [1.165, 1.54) is 24.0 Å². The monoisotopic (exact) mass is 460 g/mol. The van der Waals surface area contributed by atoms with E-state index in [1.807, 2.05) is 27.7 Å². The van der Waals surface area contributed by atoms with Crippen molar-refractivity contribution in [2.24, 2.45) is 11.7 Å². The molecule has 1 saturated heterocycles. The van der Waals surface area contributed by atoms with E-state index in [2.05, 4.69) is 14.9 Å². The zero-order chi connectivity index (χ0) is 22.5. The van der Waals surface area contributed by atoms with Crippen molar-refractivity contribution in [2.75, 3.05) is 0 Å².